The third-order valence-corrected chi connectivity index (χ3v) is 3.63. The minimum Gasteiger partial charge on any atom is -0.317 e. The maximum Gasteiger partial charge on any atom is 0.153 e. The molecule has 0 spiro atoms. The number of nitrogens with one attached hydrogen (secondary N) is 2. The van der Waals surface area contributed by atoms with Crippen molar-refractivity contribution in [2.75, 3.05) is 13.1 Å². The van der Waals surface area contributed by atoms with Gasteiger partial charge in [0, 0.05) is 18.4 Å². The summed E-state index contributed by atoms with van der Waals surface area (Å²) in [5, 5.41) is 10.4. The predicted molar refractivity (Wildman–Crippen MR) is 70.4 cm³/mol. The Hall–Kier alpha value is -1.82. The van der Waals surface area contributed by atoms with E-state index in [1.54, 1.807) is 0 Å². The molecule has 0 bridgehead atoms. The number of rotatable bonds is 3. The summed E-state index contributed by atoms with van der Waals surface area (Å²) in [7, 11) is 0. The maximum absolute atomic E-state index is 13.6. The van der Waals surface area contributed by atoms with Gasteiger partial charge in [-0.2, -0.15) is 5.10 Å². The van der Waals surface area contributed by atoms with E-state index in [9.17, 15) is 8.78 Å². The number of piperidine rings is 1. The van der Waals surface area contributed by atoms with Crippen LogP contribution in [0.2, 0.25) is 0 Å². The average Bonchev–Trinajstić information content (AvgIpc) is 2.92. The molecule has 1 aliphatic heterocycles. The second-order valence-electron chi connectivity index (χ2n) is 5.08. The summed E-state index contributed by atoms with van der Waals surface area (Å²) >= 11 is 0. The first-order chi connectivity index (χ1) is 9.72. The van der Waals surface area contributed by atoms with Crippen LogP contribution < -0.4 is 5.32 Å². The number of halogens is 2. The smallest absolute Gasteiger partial charge is 0.153 e. The van der Waals surface area contributed by atoms with Crippen molar-refractivity contribution in [1.82, 2.24) is 20.5 Å². The van der Waals surface area contributed by atoms with E-state index in [2.05, 4.69) is 20.5 Å². The van der Waals surface area contributed by atoms with Crippen LogP contribution in [0.25, 0.3) is 0 Å². The summed E-state index contributed by atoms with van der Waals surface area (Å²) in [6.07, 6.45) is 2.33. The van der Waals surface area contributed by atoms with E-state index in [1.165, 1.54) is 12.1 Å². The quantitative estimate of drug-likeness (QED) is 0.904. The van der Waals surface area contributed by atoms with Crippen LogP contribution in [0.4, 0.5) is 8.78 Å². The first-order valence-electron chi connectivity index (χ1n) is 6.78. The molecule has 4 nitrogen and oxygen atoms in total. The van der Waals surface area contributed by atoms with Gasteiger partial charge in [-0.15, -0.1) is 0 Å². The largest absolute Gasteiger partial charge is 0.317 e. The Morgan fingerprint density at radius 3 is 2.75 bits per heavy atom. The second-order valence-corrected chi connectivity index (χ2v) is 5.08. The fourth-order valence-corrected chi connectivity index (χ4v) is 2.50. The first-order valence-corrected chi connectivity index (χ1v) is 6.78. The molecule has 0 saturated carbocycles. The molecule has 0 unspecified atom stereocenters. The highest BCUT2D eigenvalue weighted by molar-refractivity contribution is 5.22. The van der Waals surface area contributed by atoms with Crippen molar-refractivity contribution in [2.45, 2.75) is 25.2 Å². The minimum atomic E-state index is -0.570. The van der Waals surface area contributed by atoms with Crippen LogP contribution in [0.5, 0.6) is 0 Å². The van der Waals surface area contributed by atoms with Crippen LogP contribution in [-0.4, -0.2) is 28.3 Å². The molecular formula is C14H16F2N4. The van der Waals surface area contributed by atoms with Gasteiger partial charge in [-0.25, -0.2) is 13.8 Å². The van der Waals surface area contributed by atoms with E-state index in [1.807, 2.05) is 0 Å². The lowest BCUT2D eigenvalue weighted by molar-refractivity contribution is 0.446. The van der Waals surface area contributed by atoms with Crippen molar-refractivity contribution in [1.29, 1.82) is 0 Å². The van der Waals surface area contributed by atoms with Gasteiger partial charge in [0.1, 0.15) is 17.5 Å². The average molecular weight is 278 g/mol. The summed E-state index contributed by atoms with van der Waals surface area (Å²) in [5.74, 6) is 0.649. The fraction of sp³-hybridized carbons (Fsp3) is 0.429. The molecule has 0 radical (unpaired) electrons. The number of benzene rings is 1. The SMILES string of the molecule is Fc1ccc(Cc2nc(C3CCNCC3)n[nH]2)c(F)c1. The Morgan fingerprint density at radius 2 is 2.00 bits per heavy atom. The zero-order valence-corrected chi connectivity index (χ0v) is 11.0. The summed E-state index contributed by atoms with van der Waals surface area (Å²) in [6.45, 7) is 1.95. The summed E-state index contributed by atoms with van der Waals surface area (Å²) in [6, 6.07) is 3.58. The van der Waals surface area contributed by atoms with E-state index in [-0.39, 0.29) is 0 Å². The molecule has 1 aliphatic rings. The van der Waals surface area contributed by atoms with Crippen molar-refractivity contribution >= 4 is 0 Å². The molecule has 1 aromatic carbocycles. The molecule has 20 heavy (non-hydrogen) atoms. The monoisotopic (exact) mass is 278 g/mol. The van der Waals surface area contributed by atoms with E-state index < -0.39 is 11.6 Å². The normalized spacial score (nSPS) is 16.5. The van der Waals surface area contributed by atoms with Gasteiger partial charge in [-0.1, -0.05) is 6.07 Å². The van der Waals surface area contributed by atoms with Gasteiger partial charge in [0.05, 0.1) is 0 Å². The molecule has 2 aromatic rings. The van der Waals surface area contributed by atoms with Gasteiger partial charge < -0.3 is 5.32 Å². The Kier molecular flexibility index (Phi) is 3.73. The second kappa shape index (κ2) is 5.66. The van der Waals surface area contributed by atoms with Crippen LogP contribution >= 0.6 is 0 Å². The van der Waals surface area contributed by atoms with Crippen LogP contribution in [0.15, 0.2) is 18.2 Å². The molecule has 0 aliphatic carbocycles. The molecule has 1 fully saturated rings. The first kappa shape index (κ1) is 13.2. The van der Waals surface area contributed by atoms with Gasteiger partial charge in [0.15, 0.2) is 5.82 Å². The zero-order chi connectivity index (χ0) is 13.9. The third-order valence-electron chi connectivity index (χ3n) is 3.63. The maximum atomic E-state index is 13.6. The minimum absolute atomic E-state index is 0.296. The highest BCUT2D eigenvalue weighted by Crippen LogP contribution is 2.22. The van der Waals surface area contributed by atoms with Gasteiger partial charge in [0.2, 0.25) is 0 Å². The van der Waals surface area contributed by atoms with Crippen LogP contribution in [-0.2, 0) is 6.42 Å². The molecule has 0 amide bonds. The van der Waals surface area contributed by atoms with Gasteiger partial charge in [-0.05, 0) is 37.6 Å². The number of H-pyrrole nitrogens is 1. The lowest BCUT2D eigenvalue weighted by atomic mass is 9.98. The molecule has 1 saturated heterocycles. The van der Waals surface area contributed by atoms with E-state index in [0.29, 0.717) is 23.7 Å². The number of hydrogen-bond donors (Lipinski definition) is 2. The molecule has 106 valence electrons. The summed E-state index contributed by atoms with van der Waals surface area (Å²) < 4.78 is 26.4. The molecule has 6 heteroatoms. The van der Waals surface area contributed by atoms with Crippen LogP contribution in [0.1, 0.15) is 36.0 Å². The van der Waals surface area contributed by atoms with Crippen molar-refractivity contribution in [3.63, 3.8) is 0 Å². The van der Waals surface area contributed by atoms with Gasteiger partial charge in [0.25, 0.3) is 0 Å². The Morgan fingerprint density at radius 1 is 1.20 bits per heavy atom. The lowest BCUT2D eigenvalue weighted by Gasteiger charge is -2.19. The predicted octanol–water partition coefficient (Wildman–Crippen LogP) is 2.14. The van der Waals surface area contributed by atoms with Crippen LogP contribution in [0, 0.1) is 11.6 Å². The molecular weight excluding hydrogens is 262 g/mol. The highest BCUT2D eigenvalue weighted by atomic mass is 19.1. The lowest BCUT2D eigenvalue weighted by Crippen LogP contribution is -2.27. The Labute approximate surface area is 115 Å². The van der Waals surface area contributed by atoms with E-state index in [0.717, 1.165) is 37.8 Å². The third kappa shape index (κ3) is 2.85. The van der Waals surface area contributed by atoms with E-state index in [4.69, 9.17) is 0 Å². The fourth-order valence-electron chi connectivity index (χ4n) is 2.50. The molecule has 0 atom stereocenters. The van der Waals surface area contributed by atoms with E-state index >= 15 is 0 Å². The molecule has 2 N–H and O–H groups in total. The van der Waals surface area contributed by atoms with Crippen molar-refractivity contribution in [3.8, 4) is 0 Å². The molecule has 3 rings (SSSR count). The standard InChI is InChI=1S/C14H16F2N4/c15-11-2-1-10(12(16)8-11)7-13-18-14(20-19-13)9-3-5-17-6-4-9/h1-2,8-9,17H,3-7H2,(H,18,19,20). The number of aromatic nitrogens is 3. The zero-order valence-electron chi connectivity index (χ0n) is 11.0. The number of nitrogens with zero attached hydrogens (tertiary/aromatic N) is 2. The van der Waals surface area contributed by atoms with Crippen molar-refractivity contribution < 1.29 is 8.78 Å². The summed E-state index contributed by atoms with van der Waals surface area (Å²) in [4.78, 5) is 4.44. The summed E-state index contributed by atoms with van der Waals surface area (Å²) in [5.41, 5.74) is 0.416. The number of aromatic amines is 1. The van der Waals surface area contributed by atoms with Gasteiger partial charge >= 0.3 is 0 Å². The molecule has 1 aromatic heterocycles. The van der Waals surface area contributed by atoms with Crippen molar-refractivity contribution in [3.05, 3.63) is 47.0 Å². The van der Waals surface area contributed by atoms with Crippen LogP contribution in [0.3, 0.4) is 0 Å². The van der Waals surface area contributed by atoms with Crippen molar-refractivity contribution in [2.24, 2.45) is 0 Å². The number of hydrogen-bond acceptors (Lipinski definition) is 3. The Bertz CT molecular complexity index is 591. The van der Waals surface area contributed by atoms with Gasteiger partial charge in [-0.3, -0.25) is 5.10 Å². The Balaban J connectivity index is 1.73. The molecule has 2 heterocycles. The highest BCUT2D eigenvalue weighted by Gasteiger charge is 2.19. The topological polar surface area (TPSA) is 53.6 Å².